The third kappa shape index (κ3) is 4.37. The number of amides is 1. The van der Waals surface area contributed by atoms with Gasteiger partial charge in [0.05, 0.1) is 4.90 Å². The lowest BCUT2D eigenvalue weighted by Crippen LogP contribution is -2.39. The van der Waals surface area contributed by atoms with Gasteiger partial charge in [0.15, 0.2) is 0 Å². The maximum atomic E-state index is 12.9. The summed E-state index contributed by atoms with van der Waals surface area (Å²) in [6, 6.07) is 6.92. The Hall–Kier alpha value is -1.40. The summed E-state index contributed by atoms with van der Waals surface area (Å²) in [7, 11) is -1.83. The van der Waals surface area contributed by atoms with Crippen molar-refractivity contribution < 1.29 is 13.2 Å². The van der Waals surface area contributed by atoms with Crippen LogP contribution in [0.3, 0.4) is 0 Å². The molecule has 3 rings (SSSR count). The second-order valence-electron chi connectivity index (χ2n) is 7.87. The Balaban J connectivity index is 1.74. The van der Waals surface area contributed by atoms with Crippen LogP contribution in [0.5, 0.6) is 0 Å². The third-order valence-corrected chi connectivity index (χ3v) is 8.16. The summed E-state index contributed by atoms with van der Waals surface area (Å²) in [5, 5.41) is 0. The molecule has 5 nitrogen and oxygen atoms in total. The smallest absolute Gasteiger partial charge is 0.254 e. The quantitative estimate of drug-likeness (QED) is 0.734. The van der Waals surface area contributed by atoms with E-state index < -0.39 is 10.0 Å². The highest BCUT2D eigenvalue weighted by molar-refractivity contribution is 7.89. The van der Waals surface area contributed by atoms with Gasteiger partial charge in [-0.3, -0.25) is 4.79 Å². The predicted molar refractivity (Wildman–Crippen MR) is 107 cm³/mol. The third-order valence-electron chi connectivity index (χ3n) is 6.23. The zero-order valence-electron chi connectivity index (χ0n) is 16.6. The van der Waals surface area contributed by atoms with Crippen LogP contribution >= 0.6 is 0 Å². The van der Waals surface area contributed by atoms with Gasteiger partial charge in [-0.25, -0.2) is 8.42 Å². The number of nitrogens with zero attached hydrogens (tertiary/aromatic N) is 2. The van der Waals surface area contributed by atoms with Crippen molar-refractivity contribution in [3.63, 3.8) is 0 Å². The summed E-state index contributed by atoms with van der Waals surface area (Å²) in [6.07, 6.45) is 9.72. The molecule has 0 atom stereocenters. The van der Waals surface area contributed by atoms with E-state index in [0.29, 0.717) is 18.2 Å². The lowest BCUT2D eigenvalue weighted by molar-refractivity contribution is 0.0693. The summed E-state index contributed by atoms with van der Waals surface area (Å²) in [5.74, 6) is 0.00832. The van der Waals surface area contributed by atoms with Crippen LogP contribution in [0.15, 0.2) is 29.2 Å². The van der Waals surface area contributed by atoms with E-state index in [4.69, 9.17) is 0 Å². The number of carbonyl (C=O) groups is 1. The molecule has 2 saturated carbocycles. The number of rotatable bonds is 6. The molecule has 0 unspecified atom stereocenters. The van der Waals surface area contributed by atoms with Crippen molar-refractivity contribution in [1.82, 2.24) is 9.21 Å². The lowest BCUT2D eigenvalue weighted by atomic mass is 9.96. The molecule has 0 aromatic heterocycles. The van der Waals surface area contributed by atoms with E-state index in [1.165, 1.54) is 23.6 Å². The van der Waals surface area contributed by atoms with E-state index >= 15 is 0 Å². The van der Waals surface area contributed by atoms with Crippen LogP contribution in [0.2, 0.25) is 0 Å². The van der Waals surface area contributed by atoms with Gasteiger partial charge in [0.25, 0.3) is 5.91 Å². The van der Waals surface area contributed by atoms with E-state index in [2.05, 4.69) is 0 Å². The first-order valence-electron chi connectivity index (χ1n) is 10.3. The Bertz CT molecular complexity index is 733. The highest BCUT2D eigenvalue weighted by Gasteiger charge is 2.30. The molecular weight excluding hydrogens is 360 g/mol. The number of sulfonamides is 1. The SMILES string of the molecule is CCN(C(=O)c1ccc(S(=O)(=O)N(C)C2CCCCC2)cc1)C1CCCC1. The molecule has 0 saturated heterocycles. The first-order valence-corrected chi connectivity index (χ1v) is 11.8. The van der Waals surface area contributed by atoms with E-state index in [0.717, 1.165) is 38.5 Å². The average Bonchev–Trinajstić information content (AvgIpc) is 3.23. The first kappa shape index (κ1) is 20.3. The largest absolute Gasteiger partial charge is 0.336 e. The summed E-state index contributed by atoms with van der Waals surface area (Å²) in [5.41, 5.74) is 0.572. The minimum atomic E-state index is -3.51. The second kappa shape index (κ2) is 8.74. The molecule has 2 aliphatic carbocycles. The normalized spacial score (nSPS) is 19.5. The van der Waals surface area contributed by atoms with Crippen molar-refractivity contribution in [3.05, 3.63) is 29.8 Å². The lowest BCUT2D eigenvalue weighted by Gasteiger charge is -2.30. The fraction of sp³-hybridized carbons (Fsp3) is 0.667. The molecule has 0 N–H and O–H groups in total. The van der Waals surface area contributed by atoms with Gasteiger partial charge in [-0.15, -0.1) is 0 Å². The topological polar surface area (TPSA) is 57.7 Å². The Morgan fingerprint density at radius 1 is 0.926 bits per heavy atom. The van der Waals surface area contributed by atoms with Gasteiger partial charge < -0.3 is 4.90 Å². The Morgan fingerprint density at radius 3 is 2.00 bits per heavy atom. The van der Waals surface area contributed by atoms with Crippen molar-refractivity contribution in [1.29, 1.82) is 0 Å². The Kier molecular flexibility index (Phi) is 6.58. The summed E-state index contributed by atoms with van der Waals surface area (Å²) >= 11 is 0. The van der Waals surface area contributed by atoms with Gasteiger partial charge in [-0.05, 0) is 56.9 Å². The fourth-order valence-corrected chi connectivity index (χ4v) is 5.94. The van der Waals surface area contributed by atoms with Crippen LogP contribution in [0, 0.1) is 0 Å². The molecule has 2 aliphatic rings. The van der Waals surface area contributed by atoms with Crippen LogP contribution in [0.25, 0.3) is 0 Å². The molecule has 27 heavy (non-hydrogen) atoms. The molecule has 1 amide bonds. The van der Waals surface area contributed by atoms with E-state index in [1.54, 1.807) is 31.3 Å². The number of carbonyl (C=O) groups excluding carboxylic acids is 1. The van der Waals surface area contributed by atoms with Gasteiger partial charge in [0.1, 0.15) is 0 Å². The number of benzene rings is 1. The fourth-order valence-electron chi connectivity index (χ4n) is 4.53. The van der Waals surface area contributed by atoms with Crippen LogP contribution in [0.4, 0.5) is 0 Å². The van der Waals surface area contributed by atoms with E-state index in [9.17, 15) is 13.2 Å². The van der Waals surface area contributed by atoms with Crippen molar-refractivity contribution in [2.24, 2.45) is 0 Å². The Labute approximate surface area is 163 Å². The average molecular weight is 393 g/mol. The molecule has 0 bridgehead atoms. The standard InChI is InChI=1S/C21H32N2O3S/c1-3-23(19-11-7-8-12-19)21(24)17-13-15-20(16-14-17)27(25,26)22(2)18-9-5-4-6-10-18/h13-16,18-19H,3-12H2,1-2H3. The second-order valence-corrected chi connectivity index (χ2v) is 9.86. The highest BCUT2D eigenvalue weighted by atomic mass is 32.2. The van der Waals surface area contributed by atoms with Gasteiger partial charge in [-0.2, -0.15) is 4.31 Å². The molecule has 0 spiro atoms. The number of hydrogen-bond acceptors (Lipinski definition) is 3. The van der Waals surface area contributed by atoms with Crippen molar-refractivity contribution >= 4 is 15.9 Å². The highest BCUT2D eigenvalue weighted by Crippen LogP contribution is 2.28. The van der Waals surface area contributed by atoms with E-state index in [1.807, 2.05) is 11.8 Å². The number of hydrogen-bond donors (Lipinski definition) is 0. The minimum Gasteiger partial charge on any atom is -0.336 e. The molecule has 0 radical (unpaired) electrons. The van der Waals surface area contributed by atoms with Crippen LogP contribution in [-0.4, -0.2) is 49.2 Å². The van der Waals surface area contributed by atoms with Gasteiger partial charge in [-0.1, -0.05) is 32.1 Å². The molecule has 1 aromatic carbocycles. The van der Waals surface area contributed by atoms with Crippen molar-refractivity contribution in [3.8, 4) is 0 Å². The van der Waals surface area contributed by atoms with Gasteiger partial charge in [0, 0.05) is 31.2 Å². The molecule has 1 aromatic rings. The van der Waals surface area contributed by atoms with Crippen LogP contribution in [-0.2, 0) is 10.0 Å². The zero-order valence-corrected chi connectivity index (χ0v) is 17.4. The van der Waals surface area contributed by atoms with Gasteiger partial charge >= 0.3 is 0 Å². The van der Waals surface area contributed by atoms with Gasteiger partial charge in [0.2, 0.25) is 10.0 Å². The molecule has 0 aliphatic heterocycles. The van der Waals surface area contributed by atoms with E-state index in [-0.39, 0.29) is 16.8 Å². The monoisotopic (exact) mass is 392 g/mol. The molecule has 0 heterocycles. The maximum Gasteiger partial charge on any atom is 0.254 e. The molecule has 150 valence electrons. The van der Waals surface area contributed by atoms with Crippen LogP contribution in [0.1, 0.15) is 75.1 Å². The zero-order chi connectivity index (χ0) is 19.4. The van der Waals surface area contributed by atoms with Crippen molar-refractivity contribution in [2.75, 3.05) is 13.6 Å². The minimum absolute atomic E-state index is 0.00832. The first-order chi connectivity index (χ1) is 12.9. The summed E-state index contributed by atoms with van der Waals surface area (Å²) < 4.78 is 27.4. The molecular formula is C21H32N2O3S. The summed E-state index contributed by atoms with van der Waals surface area (Å²) in [4.78, 5) is 15.1. The predicted octanol–water partition coefficient (Wildman–Crippen LogP) is 4.04. The van der Waals surface area contributed by atoms with Crippen LogP contribution < -0.4 is 0 Å². The maximum absolute atomic E-state index is 12.9. The Morgan fingerprint density at radius 2 is 1.44 bits per heavy atom. The molecule has 2 fully saturated rings. The molecule has 6 heteroatoms. The van der Waals surface area contributed by atoms with Crippen molar-refractivity contribution in [2.45, 2.75) is 81.7 Å². The summed E-state index contributed by atoms with van der Waals surface area (Å²) in [6.45, 7) is 2.70.